The lowest BCUT2D eigenvalue weighted by atomic mass is 9.97. The number of hydrogen-bond acceptors (Lipinski definition) is 10. The Labute approximate surface area is 184 Å². The monoisotopic (exact) mass is 463 g/mol. The fraction of sp³-hybridized carbons (Fsp3) is 0.222. The van der Waals surface area contributed by atoms with Crippen LogP contribution in [0.4, 0.5) is 5.95 Å². The number of hydrazine groups is 1. The van der Waals surface area contributed by atoms with Gasteiger partial charge in [-0.25, -0.2) is 24.8 Å². The Kier molecular flexibility index (Phi) is 6.71. The Hall–Kier alpha value is -2.84. The summed E-state index contributed by atoms with van der Waals surface area (Å²) in [5.74, 6) is 5.52. The maximum absolute atomic E-state index is 12.9. The Bertz CT molecular complexity index is 1250. The number of hydrazone groups is 1. The molecule has 1 aromatic heterocycles. The van der Waals surface area contributed by atoms with E-state index in [9.17, 15) is 8.42 Å². The molecule has 0 atom stereocenters. The van der Waals surface area contributed by atoms with Gasteiger partial charge in [0.1, 0.15) is 0 Å². The van der Waals surface area contributed by atoms with Crippen molar-refractivity contribution in [3.63, 3.8) is 0 Å². The molecule has 0 fully saturated rings. The molecule has 11 nitrogen and oxygen atoms in total. The number of benzene rings is 2. The van der Waals surface area contributed by atoms with Crippen molar-refractivity contribution in [2.75, 3.05) is 18.0 Å². The maximum atomic E-state index is 12.9. The third-order valence-electron chi connectivity index (χ3n) is 4.87. The van der Waals surface area contributed by atoms with Crippen LogP contribution in [0.25, 0.3) is 22.2 Å². The number of nitrogens with one attached hydrogen (secondary N) is 1. The van der Waals surface area contributed by atoms with E-state index in [4.69, 9.17) is 28.2 Å². The number of fused-ring (bicyclic) bond motifs is 1. The van der Waals surface area contributed by atoms with Gasteiger partial charge < -0.3 is 21.8 Å². The van der Waals surface area contributed by atoms with Crippen molar-refractivity contribution in [2.24, 2.45) is 34.6 Å². The molecule has 0 radical (unpaired) electrons. The number of imidazole rings is 1. The Morgan fingerprint density at radius 1 is 1.26 bits per heavy atom. The summed E-state index contributed by atoms with van der Waals surface area (Å²) in [6.45, 7) is 0.249. The molecule has 3 aromatic rings. The number of aryl methyl sites for hydroxylation is 1. The highest BCUT2D eigenvalue weighted by molar-refractivity contribution is 7.98. The molecule has 31 heavy (non-hydrogen) atoms. The van der Waals surface area contributed by atoms with E-state index < -0.39 is 9.84 Å². The lowest BCUT2D eigenvalue weighted by Crippen LogP contribution is -2.25. The number of nitrogens with zero attached hydrogens (tertiary/aromatic N) is 3. The molecular formula is C18H25N9O2S2. The van der Waals surface area contributed by atoms with E-state index in [0.29, 0.717) is 34.6 Å². The zero-order chi connectivity index (χ0) is 22.8. The summed E-state index contributed by atoms with van der Waals surface area (Å²) >= 11 is 0.769. The van der Waals surface area contributed by atoms with Gasteiger partial charge in [0, 0.05) is 18.2 Å². The largest absolute Gasteiger partial charge is 0.382 e. The first-order valence-corrected chi connectivity index (χ1v) is 11.8. The number of rotatable bonds is 8. The lowest BCUT2D eigenvalue weighted by molar-refractivity contribution is 0.591. The molecule has 0 aliphatic heterocycles. The van der Waals surface area contributed by atoms with Crippen molar-refractivity contribution in [1.29, 1.82) is 0 Å². The Morgan fingerprint density at radius 3 is 2.65 bits per heavy atom. The molecule has 1 heterocycles. The minimum atomic E-state index is -3.66. The summed E-state index contributed by atoms with van der Waals surface area (Å²) in [6, 6.07) is 8.73. The van der Waals surface area contributed by atoms with Crippen molar-refractivity contribution < 1.29 is 8.42 Å². The summed E-state index contributed by atoms with van der Waals surface area (Å²) in [4.78, 5) is 4.76. The zero-order valence-corrected chi connectivity index (χ0v) is 18.5. The maximum Gasteiger partial charge on any atom is 0.200 e. The summed E-state index contributed by atoms with van der Waals surface area (Å²) < 4.78 is 27.6. The number of anilines is 1. The van der Waals surface area contributed by atoms with Gasteiger partial charge in [-0.05, 0) is 42.6 Å². The van der Waals surface area contributed by atoms with Crippen LogP contribution in [0.2, 0.25) is 0 Å². The van der Waals surface area contributed by atoms with Crippen LogP contribution < -0.4 is 33.7 Å². The highest BCUT2D eigenvalue weighted by Gasteiger charge is 2.26. The molecular weight excluding hydrogens is 438 g/mol. The van der Waals surface area contributed by atoms with E-state index in [-0.39, 0.29) is 27.9 Å². The average Bonchev–Trinajstić information content (AvgIpc) is 3.05. The number of sulfone groups is 1. The van der Waals surface area contributed by atoms with E-state index in [1.807, 2.05) is 18.2 Å². The number of nitrogens with two attached hydrogens (primary N) is 5. The van der Waals surface area contributed by atoms with E-state index >= 15 is 0 Å². The van der Waals surface area contributed by atoms with Gasteiger partial charge in [-0.2, -0.15) is 0 Å². The van der Waals surface area contributed by atoms with Crippen LogP contribution in [0.3, 0.4) is 0 Å². The van der Waals surface area contributed by atoms with Gasteiger partial charge in [0.05, 0.1) is 26.6 Å². The van der Waals surface area contributed by atoms with Crippen LogP contribution in [-0.4, -0.2) is 36.1 Å². The predicted octanol–water partition coefficient (Wildman–Crippen LogP) is -0.00560. The Balaban J connectivity index is 2.38. The summed E-state index contributed by atoms with van der Waals surface area (Å²) in [5, 5.41) is 9.79. The summed E-state index contributed by atoms with van der Waals surface area (Å²) in [7, 11) is -1.86. The van der Waals surface area contributed by atoms with Gasteiger partial charge in [-0.3, -0.25) is 5.14 Å². The van der Waals surface area contributed by atoms with Crippen molar-refractivity contribution in [1.82, 2.24) is 15.1 Å². The fourth-order valence-electron chi connectivity index (χ4n) is 3.36. The SMILES string of the molecule is Cn1c(N)nc2c(-c3ccc(S(=O)(=O)CCCN)c(SN)c3/C(N)=N/NN)cccc21. The second-order valence-electron chi connectivity index (χ2n) is 6.72. The standard InChI is InChI=1S/C18H25N9O2S2/c1-27-12-5-2-4-11(15(12)24-18(27)21)10-6-7-13(31(28,29)9-3-8-19)16(30-23)14(10)17(20)25-26-22/h2,4-7,26H,3,8-9,19,22-23H2,1H3,(H2,20,25)(H2,21,24). The average molecular weight is 464 g/mol. The highest BCUT2D eigenvalue weighted by atomic mass is 32.2. The lowest BCUT2D eigenvalue weighted by Gasteiger charge is -2.17. The molecule has 166 valence electrons. The van der Waals surface area contributed by atoms with Crippen molar-refractivity contribution in [2.45, 2.75) is 16.2 Å². The summed E-state index contributed by atoms with van der Waals surface area (Å²) in [6.07, 6.45) is 0.314. The van der Waals surface area contributed by atoms with Crippen LogP contribution in [0.5, 0.6) is 0 Å². The predicted molar refractivity (Wildman–Crippen MR) is 124 cm³/mol. The first-order valence-electron chi connectivity index (χ1n) is 9.23. The molecule has 0 saturated heterocycles. The topological polar surface area (TPSA) is 206 Å². The Morgan fingerprint density at radius 2 is 2.00 bits per heavy atom. The molecule has 11 N–H and O–H groups in total. The molecule has 0 unspecified atom stereocenters. The van der Waals surface area contributed by atoms with Gasteiger partial charge in [0.15, 0.2) is 15.7 Å². The van der Waals surface area contributed by atoms with Crippen molar-refractivity contribution >= 4 is 44.6 Å². The van der Waals surface area contributed by atoms with E-state index in [1.54, 1.807) is 17.7 Å². The van der Waals surface area contributed by atoms with Crippen molar-refractivity contribution in [3.05, 3.63) is 35.9 Å². The van der Waals surface area contributed by atoms with E-state index in [1.165, 1.54) is 6.07 Å². The minimum Gasteiger partial charge on any atom is -0.382 e. The van der Waals surface area contributed by atoms with Crippen LogP contribution in [0, 0.1) is 0 Å². The normalized spacial score (nSPS) is 12.5. The van der Waals surface area contributed by atoms with Gasteiger partial charge in [0.25, 0.3) is 0 Å². The van der Waals surface area contributed by atoms with E-state index in [0.717, 1.165) is 17.5 Å². The third kappa shape index (κ3) is 4.18. The first-order chi connectivity index (χ1) is 14.8. The molecule has 0 aliphatic rings. The van der Waals surface area contributed by atoms with Crippen LogP contribution in [0.15, 0.2) is 45.2 Å². The molecule has 0 bridgehead atoms. The van der Waals surface area contributed by atoms with Gasteiger partial charge in [0.2, 0.25) is 5.95 Å². The number of para-hydroxylation sites is 1. The molecule has 3 rings (SSSR count). The number of hydrogen-bond donors (Lipinski definition) is 6. The van der Waals surface area contributed by atoms with E-state index in [2.05, 4.69) is 15.6 Å². The smallest absolute Gasteiger partial charge is 0.200 e. The quantitative estimate of drug-likeness (QED) is 0.0865. The number of amidine groups is 1. The number of aromatic nitrogens is 2. The van der Waals surface area contributed by atoms with Crippen molar-refractivity contribution in [3.8, 4) is 11.1 Å². The van der Waals surface area contributed by atoms with Crippen LogP contribution in [0.1, 0.15) is 12.0 Å². The molecule has 13 heteroatoms. The van der Waals surface area contributed by atoms with Gasteiger partial charge >= 0.3 is 0 Å². The second-order valence-corrected chi connectivity index (χ2v) is 9.44. The second kappa shape index (κ2) is 9.11. The van der Waals surface area contributed by atoms with Gasteiger partial charge in [-0.15, -0.1) is 5.10 Å². The molecule has 0 amide bonds. The number of nitrogen functional groups attached to an aromatic ring is 1. The van der Waals surface area contributed by atoms with Crippen LogP contribution in [-0.2, 0) is 16.9 Å². The third-order valence-corrected chi connectivity index (χ3v) is 7.49. The first kappa shape index (κ1) is 22.8. The zero-order valence-electron chi connectivity index (χ0n) is 16.9. The molecule has 0 saturated carbocycles. The van der Waals surface area contributed by atoms with Crippen LogP contribution >= 0.6 is 11.9 Å². The van der Waals surface area contributed by atoms with Gasteiger partial charge in [-0.1, -0.05) is 18.2 Å². The fourth-order valence-corrected chi connectivity index (χ4v) is 5.83. The molecule has 0 spiro atoms. The molecule has 2 aromatic carbocycles. The summed E-state index contributed by atoms with van der Waals surface area (Å²) in [5.41, 5.74) is 22.9. The minimum absolute atomic E-state index is 0.0257. The highest BCUT2D eigenvalue weighted by Crippen LogP contribution is 2.38. The molecule has 0 aliphatic carbocycles.